The third kappa shape index (κ3) is 4.70. The SMILES string of the molecule is CN(C)C(CNC(=O)c1cc(Cl)c2c(c1)OCCCO2)c1cccc(F)c1. The predicted octanol–water partition coefficient (Wildman–Crippen LogP) is 3.67. The van der Waals surface area contributed by atoms with Crippen molar-refractivity contribution in [3.05, 3.63) is 58.4 Å². The average Bonchev–Trinajstić information content (AvgIpc) is 2.87. The largest absolute Gasteiger partial charge is 0.489 e. The van der Waals surface area contributed by atoms with Gasteiger partial charge in [0, 0.05) is 18.5 Å². The second-order valence-electron chi connectivity index (χ2n) is 6.58. The summed E-state index contributed by atoms with van der Waals surface area (Å²) in [6.45, 7) is 1.36. The first-order chi connectivity index (χ1) is 13.0. The molecule has 1 aliphatic heterocycles. The van der Waals surface area contributed by atoms with E-state index in [0.29, 0.717) is 41.8 Å². The second-order valence-corrected chi connectivity index (χ2v) is 6.99. The predicted molar refractivity (Wildman–Crippen MR) is 102 cm³/mol. The Morgan fingerprint density at radius 3 is 2.78 bits per heavy atom. The minimum atomic E-state index is -0.305. The first-order valence-electron chi connectivity index (χ1n) is 8.75. The van der Waals surface area contributed by atoms with Crippen LogP contribution in [0.4, 0.5) is 4.39 Å². The number of nitrogens with one attached hydrogen (secondary N) is 1. The highest BCUT2D eigenvalue weighted by atomic mass is 35.5. The van der Waals surface area contributed by atoms with Crippen LogP contribution in [0.3, 0.4) is 0 Å². The maximum absolute atomic E-state index is 13.5. The summed E-state index contributed by atoms with van der Waals surface area (Å²) in [5.41, 5.74) is 1.18. The number of halogens is 2. The highest BCUT2D eigenvalue weighted by Gasteiger charge is 2.20. The van der Waals surface area contributed by atoms with Crippen LogP contribution < -0.4 is 14.8 Å². The van der Waals surface area contributed by atoms with Crippen LogP contribution in [0.25, 0.3) is 0 Å². The molecule has 1 aliphatic rings. The van der Waals surface area contributed by atoms with Crippen molar-refractivity contribution < 1.29 is 18.7 Å². The van der Waals surface area contributed by atoms with Gasteiger partial charge in [-0.25, -0.2) is 4.39 Å². The third-order valence-corrected chi connectivity index (χ3v) is 4.66. The number of hydrogen-bond donors (Lipinski definition) is 1. The first kappa shape index (κ1) is 19.5. The van der Waals surface area contributed by atoms with E-state index in [-0.39, 0.29) is 17.8 Å². The maximum atomic E-state index is 13.5. The van der Waals surface area contributed by atoms with Gasteiger partial charge in [-0.05, 0) is 43.9 Å². The summed E-state index contributed by atoms with van der Waals surface area (Å²) < 4.78 is 24.8. The molecule has 7 heteroatoms. The molecule has 0 saturated carbocycles. The molecule has 0 aliphatic carbocycles. The number of amides is 1. The fourth-order valence-electron chi connectivity index (χ4n) is 2.97. The van der Waals surface area contributed by atoms with Gasteiger partial charge in [0.2, 0.25) is 0 Å². The number of carbonyl (C=O) groups is 1. The Labute approximate surface area is 163 Å². The van der Waals surface area contributed by atoms with Crippen LogP contribution in [0.15, 0.2) is 36.4 Å². The van der Waals surface area contributed by atoms with Crippen molar-refractivity contribution in [3.8, 4) is 11.5 Å². The van der Waals surface area contributed by atoms with Crippen molar-refractivity contribution in [3.63, 3.8) is 0 Å². The summed E-state index contributed by atoms with van der Waals surface area (Å²) >= 11 is 6.26. The minimum Gasteiger partial charge on any atom is -0.489 e. The van der Waals surface area contributed by atoms with E-state index < -0.39 is 0 Å². The van der Waals surface area contributed by atoms with Gasteiger partial charge in [-0.3, -0.25) is 4.79 Å². The second kappa shape index (κ2) is 8.59. The lowest BCUT2D eigenvalue weighted by molar-refractivity contribution is 0.0941. The van der Waals surface area contributed by atoms with Gasteiger partial charge in [-0.15, -0.1) is 0 Å². The highest BCUT2D eigenvalue weighted by Crippen LogP contribution is 2.38. The van der Waals surface area contributed by atoms with Crippen molar-refractivity contribution in [1.82, 2.24) is 10.2 Å². The summed E-state index contributed by atoms with van der Waals surface area (Å²) in [5, 5.41) is 3.23. The molecule has 3 rings (SSSR count). The zero-order valence-electron chi connectivity index (χ0n) is 15.3. The molecule has 5 nitrogen and oxygen atoms in total. The number of likely N-dealkylation sites (N-methyl/N-ethyl adjacent to an activating group) is 1. The lowest BCUT2D eigenvalue weighted by atomic mass is 10.1. The van der Waals surface area contributed by atoms with E-state index in [4.69, 9.17) is 21.1 Å². The standard InChI is InChI=1S/C20H22ClFN2O3/c1-24(2)17(13-5-3-6-15(22)9-13)12-23-20(25)14-10-16(21)19-18(11-14)26-7-4-8-27-19/h3,5-6,9-11,17H,4,7-8,12H2,1-2H3,(H,23,25). The van der Waals surface area contributed by atoms with Gasteiger partial charge in [0.15, 0.2) is 11.5 Å². The molecule has 0 saturated heterocycles. The number of ether oxygens (including phenoxy) is 2. The molecule has 0 radical (unpaired) electrons. The van der Waals surface area contributed by atoms with E-state index in [2.05, 4.69) is 5.32 Å². The van der Waals surface area contributed by atoms with Crippen LogP contribution in [0.1, 0.15) is 28.4 Å². The average molecular weight is 393 g/mol. The molecule has 1 atom stereocenters. The molecule has 0 bridgehead atoms. The van der Waals surface area contributed by atoms with Crippen LogP contribution in [-0.4, -0.2) is 44.7 Å². The quantitative estimate of drug-likeness (QED) is 0.843. The third-order valence-electron chi connectivity index (χ3n) is 4.38. The minimum absolute atomic E-state index is 0.166. The monoisotopic (exact) mass is 392 g/mol. The molecule has 0 spiro atoms. The Kier molecular flexibility index (Phi) is 6.19. The summed E-state index contributed by atoms with van der Waals surface area (Å²) in [5.74, 6) is 0.354. The number of benzene rings is 2. The molecular weight excluding hydrogens is 371 g/mol. The van der Waals surface area contributed by atoms with Gasteiger partial charge in [0.05, 0.1) is 24.3 Å². The van der Waals surface area contributed by atoms with Crippen LogP contribution in [-0.2, 0) is 0 Å². The lowest BCUT2D eigenvalue weighted by Crippen LogP contribution is -2.34. The Balaban J connectivity index is 1.74. The highest BCUT2D eigenvalue weighted by molar-refractivity contribution is 6.32. The molecule has 27 heavy (non-hydrogen) atoms. The van der Waals surface area contributed by atoms with Crippen LogP contribution in [0, 0.1) is 5.82 Å². The summed E-state index contributed by atoms with van der Waals surface area (Å²) in [7, 11) is 3.76. The van der Waals surface area contributed by atoms with Crippen LogP contribution in [0.2, 0.25) is 5.02 Å². The topological polar surface area (TPSA) is 50.8 Å². The first-order valence-corrected chi connectivity index (χ1v) is 9.12. The molecular formula is C20H22ClFN2O3. The van der Waals surface area contributed by atoms with Crippen LogP contribution in [0.5, 0.6) is 11.5 Å². The molecule has 1 amide bonds. The van der Waals surface area contributed by atoms with E-state index in [1.807, 2.05) is 25.1 Å². The molecule has 0 fully saturated rings. The number of hydrogen-bond acceptors (Lipinski definition) is 4. The normalized spacial score (nSPS) is 14.6. The molecule has 144 valence electrons. The molecule has 1 heterocycles. The fourth-order valence-corrected chi connectivity index (χ4v) is 3.23. The van der Waals surface area contributed by atoms with E-state index in [9.17, 15) is 9.18 Å². The van der Waals surface area contributed by atoms with Gasteiger partial charge < -0.3 is 19.7 Å². The molecule has 2 aromatic carbocycles. The zero-order valence-corrected chi connectivity index (χ0v) is 16.1. The van der Waals surface area contributed by atoms with Crippen molar-refractivity contribution in [2.24, 2.45) is 0 Å². The fraction of sp³-hybridized carbons (Fsp3) is 0.350. The zero-order chi connectivity index (χ0) is 19.4. The Morgan fingerprint density at radius 2 is 2.04 bits per heavy atom. The van der Waals surface area contributed by atoms with Crippen molar-refractivity contribution in [1.29, 1.82) is 0 Å². The summed E-state index contributed by atoms with van der Waals surface area (Å²) in [6, 6.07) is 9.40. The number of nitrogens with zero attached hydrogens (tertiary/aromatic N) is 1. The smallest absolute Gasteiger partial charge is 0.251 e. The van der Waals surface area contributed by atoms with Gasteiger partial charge in [0.1, 0.15) is 5.82 Å². The molecule has 2 aromatic rings. The van der Waals surface area contributed by atoms with E-state index >= 15 is 0 Å². The Hall–Kier alpha value is -2.31. The van der Waals surface area contributed by atoms with Crippen molar-refractivity contribution in [2.75, 3.05) is 33.9 Å². The summed E-state index contributed by atoms with van der Waals surface area (Å²) in [6.07, 6.45) is 0.755. The van der Waals surface area contributed by atoms with E-state index in [1.54, 1.807) is 18.2 Å². The van der Waals surface area contributed by atoms with Gasteiger partial charge in [-0.1, -0.05) is 23.7 Å². The molecule has 1 unspecified atom stereocenters. The molecule has 0 aromatic heterocycles. The lowest BCUT2D eigenvalue weighted by Gasteiger charge is -2.25. The number of fused-ring (bicyclic) bond motifs is 1. The van der Waals surface area contributed by atoms with Gasteiger partial charge in [-0.2, -0.15) is 0 Å². The molecule has 1 N–H and O–H groups in total. The van der Waals surface area contributed by atoms with Crippen molar-refractivity contribution in [2.45, 2.75) is 12.5 Å². The maximum Gasteiger partial charge on any atom is 0.251 e. The van der Waals surface area contributed by atoms with E-state index in [1.165, 1.54) is 12.1 Å². The van der Waals surface area contributed by atoms with Crippen molar-refractivity contribution >= 4 is 17.5 Å². The number of carbonyl (C=O) groups excluding carboxylic acids is 1. The van der Waals surface area contributed by atoms with Gasteiger partial charge >= 0.3 is 0 Å². The van der Waals surface area contributed by atoms with Gasteiger partial charge in [0.25, 0.3) is 5.91 Å². The summed E-state index contributed by atoms with van der Waals surface area (Å²) in [4.78, 5) is 14.6. The number of rotatable bonds is 5. The Bertz CT molecular complexity index is 829. The van der Waals surface area contributed by atoms with E-state index in [0.717, 1.165) is 12.0 Å². The van der Waals surface area contributed by atoms with Crippen LogP contribution >= 0.6 is 11.6 Å². The Morgan fingerprint density at radius 1 is 1.26 bits per heavy atom.